The normalized spacial score (nSPS) is 12.2. The number of ether oxygens (including phenoxy) is 2. The van der Waals surface area contributed by atoms with Crippen LogP contribution < -0.4 is 30.7 Å². The molecule has 2 aromatic carbocycles. The van der Waals surface area contributed by atoms with Crippen LogP contribution in [0.3, 0.4) is 0 Å². The maximum atomic E-state index is 13.0. The summed E-state index contributed by atoms with van der Waals surface area (Å²) >= 11 is 0. The summed E-state index contributed by atoms with van der Waals surface area (Å²) in [5.74, 6) is -0.927. The third-order valence-electron chi connectivity index (χ3n) is 5.75. The molecular weight excluding hydrogens is 488 g/mol. The predicted octanol–water partition coefficient (Wildman–Crippen LogP) is 2.70. The van der Waals surface area contributed by atoms with E-state index in [9.17, 15) is 19.2 Å². The van der Waals surface area contributed by atoms with Crippen molar-refractivity contribution >= 4 is 23.6 Å². The zero-order valence-corrected chi connectivity index (χ0v) is 22.6. The highest BCUT2D eigenvalue weighted by atomic mass is 16.5. The summed E-state index contributed by atoms with van der Waals surface area (Å²) < 4.78 is 10.4. The van der Waals surface area contributed by atoms with E-state index in [4.69, 9.17) is 9.47 Å². The minimum absolute atomic E-state index is 0.0711. The Bertz CT molecular complexity index is 1070. The molecule has 2 atom stereocenters. The fourth-order valence-corrected chi connectivity index (χ4v) is 3.71. The molecule has 0 aliphatic rings. The molecule has 2 rings (SSSR count). The Kier molecular flexibility index (Phi) is 12.1. The van der Waals surface area contributed by atoms with Crippen LogP contribution in [0, 0.1) is 5.92 Å². The number of ketones is 1. The molecule has 0 saturated carbocycles. The topological polar surface area (TPSA) is 135 Å². The van der Waals surface area contributed by atoms with Crippen LogP contribution in [0.4, 0.5) is 4.79 Å². The Labute approximate surface area is 223 Å². The number of nitrogens with one attached hydrogen (secondary N) is 4. The second kappa shape index (κ2) is 15.2. The second-order valence-electron chi connectivity index (χ2n) is 9.23. The molecule has 0 aromatic heterocycles. The molecule has 0 heterocycles. The number of hydrogen-bond acceptors (Lipinski definition) is 6. The molecular formula is C28H38N4O6. The molecule has 10 heteroatoms. The van der Waals surface area contributed by atoms with Crippen LogP contribution in [-0.2, 0) is 27.5 Å². The number of amides is 4. The maximum Gasteiger partial charge on any atom is 0.315 e. The van der Waals surface area contributed by atoms with E-state index in [-0.39, 0.29) is 18.9 Å². The van der Waals surface area contributed by atoms with Gasteiger partial charge in [0.15, 0.2) is 0 Å². The minimum Gasteiger partial charge on any atom is -0.497 e. The van der Waals surface area contributed by atoms with Crippen LogP contribution in [0.2, 0.25) is 0 Å². The Morgan fingerprint density at radius 3 is 1.95 bits per heavy atom. The molecule has 2 aromatic rings. The highest BCUT2D eigenvalue weighted by Gasteiger charge is 2.29. The van der Waals surface area contributed by atoms with E-state index in [1.54, 1.807) is 25.1 Å². The van der Waals surface area contributed by atoms with Crippen LogP contribution in [0.25, 0.3) is 0 Å². The predicted molar refractivity (Wildman–Crippen MR) is 144 cm³/mol. The largest absolute Gasteiger partial charge is 0.497 e. The molecule has 0 fully saturated rings. The van der Waals surface area contributed by atoms with Gasteiger partial charge in [-0.15, -0.1) is 0 Å². The summed E-state index contributed by atoms with van der Waals surface area (Å²) in [6.45, 7) is 5.92. The number of carbonyl (C=O) groups excluding carboxylic acids is 4. The van der Waals surface area contributed by atoms with Crippen molar-refractivity contribution in [1.29, 1.82) is 0 Å². The van der Waals surface area contributed by atoms with E-state index >= 15 is 0 Å². The second-order valence-corrected chi connectivity index (χ2v) is 9.23. The third kappa shape index (κ3) is 9.76. The summed E-state index contributed by atoms with van der Waals surface area (Å²) in [5, 5.41) is 10.6. The molecule has 0 saturated heterocycles. The first kappa shape index (κ1) is 30.1. The lowest BCUT2D eigenvalue weighted by Gasteiger charge is -2.23. The zero-order chi connectivity index (χ0) is 28.1. The monoisotopic (exact) mass is 526 g/mol. The fourth-order valence-electron chi connectivity index (χ4n) is 3.71. The first-order valence-electron chi connectivity index (χ1n) is 12.6. The summed E-state index contributed by atoms with van der Waals surface area (Å²) in [4.78, 5) is 50.9. The van der Waals surface area contributed by atoms with Gasteiger partial charge in [0.1, 0.15) is 17.5 Å². The quantitative estimate of drug-likeness (QED) is 0.280. The van der Waals surface area contributed by atoms with Crippen molar-refractivity contribution in [3.8, 4) is 11.5 Å². The number of urea groups is 1. The van der Waals surface area contributed by atoms with Crippen molar-refractivity contribution in [2.45, 2.75) is 58.8 Å². The molecule has 38 heavy (non-hydrogen) atoms. The number of methoxy groups -OCH3 is 2. The fraction of sp³-hybridized carbons (Fsp3) is 0.429. The Hall–Kier alpha value is -4.08. The van der Waals surface area contributed by atoms with Gasteiger partial charge < -0.3 is 30.7 Å². The molecule has 10 nitrogen and oxygen atoms in total. The van der Waals surface area contributed by atoms with Gasteiger partial charge in [0.05, 0.1) is 20.3 Å². The lowest BCUT2D eigenvalue weighted by atomic mass is 10.0. The van der Waals surface area contributed by atoms with Crippen LogP contribution in [0.5, 0.6) is 11.5 Å². The van der Waals surface area contributed by atoms with Crippen molar-refractivity contribution < 1.29 is 28.7 Å². The zero-order valence-electron chi connectivity index (χ0n) is 22.6. The third-order valence-corrected chi connectivity index (χ3v) is 5.75. The number of rotatable bonds is 14. The maximum absolute atomic E-state index is 13.0. The van der Waals surface area contributed by atoms with E-state index in [0.717, 1.165) is 5.56 Å². The van der Waals surface area contributed by atoms with Crippen LogP contribution in [0.15, 0.2) is 48.5 Å². The molecule has 0 spiro atoms. The number of benzene rings is 2. The van der Waals surface area contributed by atoms with E-state index < -0.39 is 35.7 Å². The highest BCUT2D eigenvalue weighted by Crippen LogP contribution is 2.22. The Morgan fingerprint density at radius 1 is 0.789 bits per heavy atom. The van der Waals surface area contributed by atoms with Gasteiger partial charge in [-0.25, -0.2) is 4.79 Å². The molecule has 4 N–H and O–H groups in total. The van der Waals surface area contributed by atoms with E-state index in [2.05, 4.69) is 21.3 Å². The van der Waals surface area contributed by atoms with Crippen molar-refractivity contribution in [2.24, 2.45) is 5.92 Å². The van der Waals surface area contributed by atoms with Crippen molar-refractivity contribution in [2.75, 3.05) is 14.2 Å². The molecule has 0 bridgehead atoms. The first-order chi connectivity index (χ1) is 18.2. The Balaban J connectivity index is 1.97. The van der Waals surface area contributed by atoms with Gasteiger partial charge in [-0.1, -0.05) is 51.1 Å². The summed E-state index contributed by atoms with van der Waals surface area (Å²) in [5.41, 5.74) is 1.60. The van der Waals surface area contributed by atoms with Crippen LogP contribution >= 0.6 is 0 Å². The summed E-state index contributed by atoms with van der Waals surface area (Å²) in [7, 11) is 3.03. The van der Waals surface area contributed by atoms with Crippen LogP contribution in [-0.4, -0.2) is 49.9 Å². The van der Waals surface area contributed by atoms with E-state index in [1.807, 2.05) is 44.2 Å². The average Bonchev–Trinajstić information content (AvgIpc) is 2.92. The Morgan fingerprint density at radius 2 is 1.39 bits per heavy atom. The van der Waals surface area contributed by atoms with Gasteiger partial charge in [-0.05, 0) is 42.0 Å². The number of carbonyl (C=O) groups is 4. The lowest BCUT2D eigenvalue weighted by molar-refractivity contribution is -0.140. The highest BCUT2D eigenvalue weighted by molar-refractivity contribution is 6.38. The van der Waals surface area contributed by atoms with Gasteiger partial charge in [0.25, 0.3) is 5.91 Å². The smallest absolute Gasteiger partial charge is 0.315 e. The molecule has 4 amide bonds. The SMILES string of the molecule is CC[C@@H](NC(=O)[C@H](CC(C)C)NC(=O)NCc1ccccc1)C(=O)C(=O)NCc1cc(OC)cc(OC)c1. The van der Waals surface area contributed by atoms with Gasteiger partial charge in [0.2, 0.25) is 11.7 Å². The average molecular weight is 527 g/mol. The van der Waals surface area contributed by atoms with Crippen LogP contribution in [0.1, 0.15) is 44.7 Å². The van der Waals surface area contributed by atoms with Gasteiger partial charge in [-0.2, -0.15) is 0 Å². The van der Waals surface area contributed by atoms with Gasteiger partial charge >= 0.3 is 6.03 Å². The minimum atomic E-state index is -1.04. The van der Waals surface area contributed by atoms with Gasteiger partial charge in [0, 0.05) is 19.2 Å². The summed E-state index contributed by atoms with van der Waals surface area (Å²) in [6, 6.07) is 12.1. The molecule has 206 valence electrons. The van der Waals surface area contributed by atoms with Gasteiger partial charge in [-0.3, -0.25) is 14.4 Å². The number of hydrogen-bond donors (Lipinski definition) is 4. The molecule has 0 radical (unpaired) electrons. The number of Topliss-reactive ketones (excluding diaryl/α,β-unsaturated/α-hetero) is 1. The van der Waals surface area contributed by atoms with Crippen molar-refractivity contribution in [3.63, 3.8) is 0 Å². The van der Waals surface area contributed by atoms with Crippen molar-refractivity contribution in [1.82, 2.24) is 21.3 Å². The van der Waals surface area contributed by atoms with Crippen molar-refractivity contribution in [3.05, 3.63) is 59.7 Å². The van der Waals surface area contributed by atoms with E-state index in [1.165, 1.54) is 14.2 Å². The lowest BCUT2D eigenvalue weighted by Crippen LogP contribution is -2.55. The standard InChI is InChI=1S/C28H38N4O6/c1-6-23(25(33)27(35)29-17-20-13-21(37-4)15-22(14-20)38-5)31-26(34)24(12-18(2)3)32-28(36)30-16-19-10-8-7-9-11-19/h7-11,13-15,18,23-24H,6,12,16-17H2,1-5H3,(H,29,35)(H,31,34)(H2,30,32,36)/t23-,24+/m1/s1. The summed E-state index contributed by atoms with van der Waals surface area (Å²) in [6.07, 6.45) is 0.568. The molecule has 0 aliphatic heterocycles. The molecule has 0 unspecified atom stereocenters. The molecule has 0 aliphatic carbocycles. The first-order valence-corrected chi connectivity index (χ1v) is 12.6. The van der Waals surface area contributed by atoms with E-state index in [0.29, 0.717) is 30.0 Å².